The molecule has 4 rings (SSSR count). The molecule has 7 nitrogen and oxygen atoms in total. The molecule has 0 unspecified atom stereocenters. The van der Waals surface area contributed by atoms with E-state index >= 15 is 0 Å². The molecule has 9 heteroatoms. The van der Waals surface area contributed by atoms with Crippen LogP contribution >= 0.6 is 11.3 Å². The van der Waals surface area contributed by atoms with E-state index in [0.29, 0.717) is 24.1 Å². The second kappa shape index (κ2) is 8.96. The van der Waals surface area contributed by atoms with Crippen LogP contribution in [0.5, 0.6) is 0 Å². The number of methoxy groups -OCH3 is 1. The molecule has 1 aliphatic carbocycles. The third kappa shape index (κ3) is 4.21. The summed E-state index contributed by atoms with van der Waals surface area (Å²) in [4.78, 5) is 28.2. The number of carbonyl (C=O) groups excluding carboxylic acids is 2. The number of benzene rings is 1. The number of esters is 1. The van der Waals surface area contributed by atoms with Gasteiger partial charge in [0.2, 0.25) is 0 Å². The smallest absolute Gasteiger partial charge is 0.340 e. The van der Waals surface area contributed by atoms with Crippen molar-refractivity contribution in [2.45, 2.75) is 62.7 Å². The summed E-state index contributed by atoms with van der Waals surface area (Å²) < 4.78 is 34.1. The minimum atomic E-state index is -3.86. The molecule has 2 aliphatic rings. The van der Waals surface area contributed by atoms with Gasteiger partial charge < -0.3 is 9.64 Å². The lowest BCUT2D eigenvalue weighted by Gasteiger charge is -2.28. The van der Waals surface area contributed by atoms with Gasteiger partial charge in [-0.3, -0.25) is 4.79 Å². The summed E-state index contributed by atoms with van der Waals surface area (Å²) in [5.74, 6) is -0.734. The van der Waals surface area contributed by atoms with Crippen molar-refractivity contribution in [1.82, 2.24) is 9.62 Å². The fourth-order valence-corrected chi connectivity index (χ4v) is 7.74. The number of hydrogen-bond acceptors (Lipinski definition) is 6. The topological polar surface area (TPSA) is 92.8 Å². The van der Waals surface area contributed by atoms with Gasteiger partial charge in [0.05, 0.1) is 19.2 Å². The van der Waals surface area contributed by atoms with Crippen LogP contribution in [0.1, 0.15) is 68.0 Å². The van der Waals surface area contributed by atoms with E-state index in [-0.39, 0.29) is 28.3 Å². The van der Waals surface area contributed by atoms with Crippen LogP contribution in [0.25, 0.3) is 0 Å². The Labute approximate surface area is 192 Å². The van der Waals surface area contributed by atoms with Crippen molar-refractivity contribution in [3.63, 3.8) is 0 Å². The quantitative estimate of drug-likeness (QED) is 0.666. The molecule has 1 saturated carbocycles. The number of aryl methyl sites for hydroxylation is 1. The van der Waals surface area contributed by atoms with Gasteiger partial charge in [-0.15, -0.1) is 11.3 Å². The number of fused-ring (bicyclic) bond motifs is 1. The van der Waals surface area contributed by atoms with Gasteiger partial charge in [-0.2, -0.15) is 0 Å². The highest BCUT2D eigenvalue weighted by molar-refractivity contribution is 7.91. The molecule has 1 aromatic heterocycles. The Morgan fingerprint density at radius 2 is 1.91 bits per heavy atom. The standard InChI is InChI=1S/C23H28N2O5S2/c1-14-7-6-10-17(15(14)2)21(26)25-12-11-18-19(13-25)31-23(20(18)22(27)30-3)32(28,29)24-16-8-4-5-9-16/h6-7,10,16,24H,4-5,8-9,11-13H2,1-3H3. The van der Waals surface area contributed by atoms with Crippen molar-refractivity contribution in [3.8, 4) is 0 Å². The molecule has 2 heterocycles. The number of thiophene rings is 1. The Bertz CT molecular complexity index is 1160. The largest absolute Gasteiger partial charge is 0.465 e. The molecular weight excluding hydrogens is 448 g/mol. The van der Waals surface area contributed by atoms with E-state index in [2.05, 4.69) is 4.72 Å². The Morgan fingerprint density at radius 1 is 1.19 bits per heavy atom. The van der Waals surface area contributed by atoms with Gasteiger partial charge >= 0.3 is 5.97 Å². The highest BCUT2D eigenvalue weighted by Gasteiger charge is 2.36. The van der Waals surface area contributed by atoms with Gasteiger partial charge in [0, 0.05) is 23.0 Å². The van der Waals surface area contributed by atoms with Crippen LogP contribution < -0.4 is 4.72 Å². The second-order valence-corrected chi connectivity index (χ2v) is 11.5. The third-order valence-corrected chi connectivity index (χ3v) is 9.71. The fourth-order valence-electron chi connectivity index (χ4n) is 4.52. The molecule has 0 atom stereocenters. The number of carbonyl (C=O) groups is 2. The lowest BCUT2D eigenvalue weighted by molar-refractivity contribution is 0.0595. The van der Waals surface area contributed by atoms with Gasteiger partial charge in [0.25, 0.3) is 15.9 Å². The lowest BCUT2D eigenvalue weighted by Crippen LogP contribution is -2.36. The zero-order chi connectivity index (χ0) is 23.0. The highest BCUT2D eigenvalue weighted by atomic mass is 32.2. The predicted molar refractivity (Wildman–Crippen MR) is 123 cm³/mol. The van der Waals surface area contributed by atoms with Crippen molar-refractivity contribution < 1.29 is 22.7 Å². The highest BCUT2D eigenvalue weighted by Crippen LogP contribution is 2.37. The molecule has 2 aromatic rings. The van der Waals surface area contributed by atoms with Gasteiger partial charge in [-0.25, -0.2) is 17.9 Å². The van der Waals surface area contributed by atoms with E-state index in [1.54, 1.807) is 4.90 Å². The van der Waals surface area contributed by atoms with Crippen LogP contribution in [0, 0.1) is 13.8 Å². The summed E-state index contributed by atoms with van der Waals surface area (Å²) in [5.41, 5.74) is 3.43. The summed E-state index contributed by atoms with van der Waals surface area (Å²) in [5, 5.41) is 0. The Kier molecular flexibility index (Phi) is 6.42. The van der Waals surface area contributed by atoms with E-state index in [1.165, 1.54) is 7.11 Å². The number of nitrogens with zero attached hydrogens (tertiary/aromatic N) is 1. The van der Waals surface area contributed by atoms with E-state index in [9.17, 15) is 18.0 Å². The van der Waals surface area contributed by atoms with E-state index < -0.39 is 16.0 Å². The number of ether oxygens (including phenoxy) is 1. The van der Waals surface area contributed by atoms with Crippen molar-refractivity contribution >= 4 is 33.2 Å². The molecule has 1 amide bonds. The predicted octanol–water partition coefficient (Wildman–Crippen LogP) is 3.57. The maximum absolute atomic E-state index is 13.2. The second-order valence-electron chi connectivity index (χ2n) is 8.48. The normalized spacial score (nSPS) is 16.8. The molecular formula is C23H28N2O5S2. The molecule has 0 radical (unpaired) electrons. The number of sulfonamides is 1. The van der Waals surface area contributed by atoms with Crippen molar-refractivity contribution in [3.05, 3.63) is 50.9 Å². The van der Waals surface area contributed by atoms with Crippen LogP contribution in [0.15, 0.2) is 22.4 Å². The Balaban J connectivity index is 1.67. The number of hydrogen-bond donors (Lipinski definition) is 1. The summed E-state index contributed by atoms with van der Waals surface area (Å²) in [7, 11) is -2.61. The summed E-state index contributed by atoms with van der Waals surface area (Å²) >= 11 is 1.07. The minimum Gasteiger partial charge on any atom is -0.465 e. The molecule has 0 spiro atoms. The molecule has 1 aliphatic heterocycles. The van der Waals surface area contributed by atoms with Gasteiger partial charge in [-0.05, 0) is 55.9 Å². The van der Waals surface area contributed by atoms with E-state index in [1.807, 2.05) is 32.0 Å². The zero-order valence-corrected chi connectivity index (χ0v) is 20.2. The Hall–Kier alpha value is -2.23. The first-order valence-electron chi connectivity index (χ1n) is 10.8. The summed E-state index contributed by atoms with van der Waals surface area (Å²) in [6.07, 6.45) is 4.00. The molecule has 172 valence electrons. The zero-order valence-electron chi connectivity index (χ0n) is 18.6. The molecule has 32 heavy (non-hydrogen) atoms. The van der Waals surface area contributed by atoms with E-state index in [0.717, 1.165) is 53.0 Å². The van der Waals surface area contributed by atoms with E-state index in [4.69, 9.17) is 4.74 Å². The van der Waals surface area contributed by atoms with Crippen LogP contribution in [0.2, 0.25) is 0 Å². The minimum absolute atomic E-state index is 0.00212. The molecule has 1 fully saturated rings. The van der Waals surface area contributed by atoms with Crippen LogP contribution in [0.3, 0.4) is 0 Å². The monoisotopic (exact) mass is 476 g/mol. The maximum Gasteiger partial charge on any atom is 0.340 e. The van der Waals surface area contributed by atoms with Gasteiger partial charge in [0.15, 0.2) is 0 Å². The van der Waals surface area contributed by atoms with Crippen molar-refractivity contribution in [1.29, 1.82) is 0 Å². The summed E-state index contributed by atoms with van der Waals surface area (Å²) in [6.45, 7) is 4.58. The number of amides is 1. The van der Waals surface area contributed by atoms with Gasteiger partial charge in [0.1, 0.15) is 4.21 Å². The third-order valence-electron chi connectivity index (χ3n) is 6.46. The first-order chi connectivity index (χ1) is 15.2. The average Bonchev–Trinajstić information content (AvgIpc) is 3.41. The van der Waals surface area contributed by atoms with Crippen LogP contribution in [-0.4, -0.2) is 44.9 Å². The maximum atomic E-state index is 13.2. The number of rotatable bonds is 5. The fraction of sp³-hybridized carbons (Fsp3) is 0.478. The molecule has 0 saturated heterocycles. The SMILES string of the molecule is COC(=O)c1c(S(=O)(=O)NC2CCCC2)sc2c1CCN(C(=O)c1cccc(C)c1C)C2. The first-order valence-corrected chi connectivity index (χ1v) is 13.1. The average molecular weight is 477 g/mol. The molecule has 1 aromatic carbocycles. The first kappa shape index (κ1) is 22.9. The van der Waals surface area contributed by atoms with Crippen LogP contribution in [-0.2, 0) is 27.7 Å². The van der Waals surface area contributed by atoms with Gasteiger partial charge in [-0.1, -0.05) is 25.0 Å². The Morgan fingerprint density at radius 3 is 2.59 bits per heavy atom. The van der Waals surface area contributed by atoms with Crippen LogP contribution in [0.4, 0.5) is 0 Å². The van der Waals surface area contributed by atoms with Crippen molar-refractivity contribution in [2.24, 2.45) is 0 Å². The lowest BCUT2D eigenvalue weighted by atomic mass is 10.00. The van der Waals surface area contributed by atoms with Crippen molar-refractivity contribution in [2.75, 3.05) is 13.7 Å². The molecule has 0 bridgehead atoms. The summed E-state index contributed by atoms with van der Waals surface area (Å²) in [6, 6.07) is 5.55. The molecule has 1 N–H and O–H groups in total. The number of nitrogens with one attached hydrogen (secondary N) is 1.